The van der Waals surface area contributed by atoms with Crippen molar-refractivity contribution in [2.75, 3.05) is 11.0 Å². The molecular weight excluding hydrogens is 433 g/mol. The zero-order chi connectivity index (χ0) is 23.4. The van der Waals surface area contributed by atoms with Crippen LogP contribution in [0.3, 0.4) is 0 Å². The first kappa shape index (κ1) is 24.8. The second kappa shape index (κ2) is 9.78. The van der Waals surface area contributed by atoms with Crippen LogP contribution in [-0.2, 0) is 22.0 Å². The largest absolute Gasteiger partial charge is 0.359 e. The molecule has 5 nitrogen and oxygen atoms in total. The molecule has 0 aromatic heterocycles. The number of benzene rings is 2. The molecule has 0 saturated heterocycles. The summed E-state index contributed by atoms with van der Waals surface area (Å²) >= 11 is 5.38. The zero-order valence-corrected chi connectivity index (χ0v) is 20.2. The molecule has 2 aromatic carbocycles. The average Bonchev–Trinajstić information content (AvgIpc) is 2.66. The Balaban J connectivity index is 2.04. The lowest BCUT2D eigenvalue weighted by atomic mass is 9.87. The SMILES string of the molecule is C=Cc1cc(C(C)NC(=S)NCc2ccc(C(C)(C)C)cc2)cc(F)c1NS(C)(=O)=O. The number of nitrogens with one attached hydrogen (secondary N) is 3. The lowest BCUT2D eigenvalue weighted by Gasteiger charge is -2.20. The second-order valence-corrected chi connectivity index (χ2v) is 10.7. The van der Waals surface area contributed by atoms with Gasteiger partial charge < -0.3 is 10.6 Å². The third kappa shape index (κ3) is 7.33. The molecule has 0 fully saturated rings. The Kier molecular flexibility index (Phi) is 7.83. The fraction of sp³-hybridized carbons (Fsp3) is 0.348. The molecule has 0 saturated carbocycles. The first-order chi connectivity index (χ1) is 14.3. The molecule has 0 amide bonds. The Labute approximate surface area is 190 Å². The summed E-state index contributed by atoms with van der Waals surface area (Å²) in [6.45, 7) is 12.6. The van der Waals surface area contributed by atoms with Gasteiger partial charge in [0.05, 0.1) is 18.0 Å². The number of sulfonamides is 1. The van der Waals surface area contributed by atoms with Crippen molar-refractivity contribution in [2.24, 2.45) is 0 Å². The molecule has 0 aliphatic heterocycles. The summed E-state index contributed by atoms with van der Waals surface area (Å²) in [7, 11) is -3.61. The number of thiocarbonyl (C=S) groups is 1. The quantitative estimate of drug-likeness (QED) is 0.512. The van der Waals surface area contributed by atoms with Crippen molar-refractivity contribution < 1.29 is 12.8 Å². The Bertz CT molecular complexity index is 1060. The van der Waals surface area contributed by atoms with E-state index in [1.54, 1.807) is 6.07 Å². The first-order valence-electron chi connectivity index (χ1n) is 9.87. The summed E-state index contributed by atoms with van der Waals surface area (Å²) in [6.07, 6.45) is 2.38. The maximum absolute atomic E-state index is 14.6. The van der Waals surface area contributed by atoms with Crippen LogP contribution in [0, 0.1) is 5.82 Å². The highest BCUT2D eigenvalue weighted by molar-refractivity contribution is 7.92. The summed E-state index contributed by atoms with van der Waals surface area (Å²) in [4.78, 5) is 0. The van der Waals surface area contributed by atoms with Gasteiger partial charge in [0, 0.05) is 12.1 Å². The van der Waals surface area contributed by atoms with Crippen molar-refractivity contribution in [3.8, 4) is 0 Å². The van der Waals surface area contributed by atoms with Crippen molar-refractivity contribution >= 4 is 39.1 Å². The maximum Gasteiger partial charge on any atom is 0.229 e. The van der Waals surface area contributed by atoms with Crippen molar-refractivity contribution in [3.05, 3.63) is 71.0 Å². The van der Waals surface area contributed by atoms with E-state index in [0.717, 1.165) is 11.8 Å². The van der Waals surface area contributed by atoms with E-state index in [2.05, 4.69) is 67.0 Å². The van der Waals surface area contributed by atoms with Crippen LogP contribution in [0.5, 0.6) is 0 Å². The van der Waals surface area contributed by atoms with Crippen LogP contribution in [0.1, 0.15) is 56.0 Å². The molecule has 0 heterocycles. The molecule has 0 spiro atoms. The van der Waals surface area contributed by atoms with E-state index in [0.29, 0.717) is 22.8 Å². The Morgan fingerprint density at radius 2 is 1.84 bits per heavy atom. The highest BCUT2D eigenvalue weighted by atomic mass is 32.2. The minimum atomic E-state index is -3.61. The van der Waals surface area contributed by atoms with Crippen LogP contribution >= 0.6 is 12.2 Å². The molecule has 1 atom stereocenters. The highest BCUT2D eigenvalue weighted by Crippen LogP contribution is 2.27. The zero-order valence-electron chi connectivity index (χ0n) is 18.5. The summed E-state index contributed by atoms with van der Waals surface area (Å²) in [5.41, 5.74) is 3.31. The normalized spacial score (nSPS) is 12.7. The van der Waals surface area contributed by atoms with Crippen LogP contribution in [-0.4, -0.2) is 19.8 Å². The summed E-state index contributed by atoms with van der Waals surface area (Å²) in [6, 6.07) is 11.0. The monoisotopic (exact) mass is 463 g/mol. The molecule has 168 valence electrons. The Morgan fingerprint density at radius 3 is 2.35 bits per heavy atom. The lowest BCUT2D eigenvalue weighted by molar-refractivity contribution is 0.590. The van der Waals surface area contributed by atoms with Gasteiger partial charge in [0.2, 0.25) is 10.0 Å². The van der Waals surface area contributed by atoms with Crippen molar-refractivity contribution in [1.29, 1.82) is 0 Å². The van der Waals surface area contributed by atoms with Crippen LogP contribution in [0.2, 0.25) is 0 Å². The standard InChI is InChI=1S/C23H30FN3O2S2/c1-7-17-12-18(13-20(24)21(17)27-31(6,28)29)15(2)26-22(30)25-14-16-8-10-19(11-9-16)23(3,4)5/h7-13,15,27H,1,14H2,2-6H3,(H2,25,26,30). The van der Waals surface area contributed by atoms with Crippen molar-refractivity contribution in [1.82, 2.24) is 10.6 Å². The number of rotatable bonds is 7. The smallest absolute Gasteiger partial charge is 0.229 e. The molecule has 0 bridgehead atoms. The van der Waals surface area contributed by atoms with Gasteiger partial charge in [-0.2, -0.15) is 0 Å². The predicted molar refractivity (Wildman–Crippen MR) is 131 cm³/mol. The fourth-order valence-electron chi connectivity index (χ4n) is 2.99. The summed E-state index contributed by atoms with van der Waals surface area (Å²) < 4.78 is 39.7. The molecule has 31 heavy (non-hydrogen) atoms. The lowest BCUT2D eigenvalue weighted by Crippen LogP contribution is -2.36. The fourth-order valence-corrected chi connectivity index (χ4v) is 3.82. The van der Waals surface area contributed by atoms with Gasteiger partial charge in [-0.3, -0.25) is 4.72 Å². The van der Waals surface area contributed by atoms with Gasteiger partial charge in [-0.1, -0.05) is 57.7 Å². The van der Waals surface area contributed by atoms with Gasteiger partial charge in [0.15, 0.2) is 5.11 Å². The van der Waals surface area contributed by atoms with E-state index < -0.39 is 15.8 Å². The Morgan fingerprint density at radius 1 is 1.23 bits per heavy atom. The van der Waals surface area contributed by atoms with Crippen LogP contribution in [0.15, 0.2) is 43.0 Å². The van der Waals surface area contributed by atoms with Crippen LogP contribution in [0.25, 0.3) is 6.08 Å². The molecule has 3 N–H and O–H groups in total. The molecule has 1 unspecified atom stereocenters. The third-order valence-corrected chi connectivity index (χ3v) is 5.61. The van der Waals surface area contributed by atoms with E-state index in [1.807, 2.05) is 6.92 Å². The number of anilines is 1. The average molecular weight is 464 g/mol. The molecule has 8 heteroatoms. The van der Waals surface area contributed by atoms with Crippen LogP contribution < -0.4 is 15.4 Å². The topological polar surface area (TPSA) is 70.2 Å². The highest BCUT2D eigenvalue weighted by Gasteiger charge is 2.17. The molecule has 0 aliphatic carbocycles. The molecule has 0 aliphatic rings. The summed E-state index contributed by atoms with van der Waals surface area (Å²) in [5.74, 6) is -0.677. The van der Waals surface area contributed by atoms with E-state index in [-0.39, 0.29) is 17.1 Å². The second-order valence-electron chi connectivity index (χ2n) is 8.54. The van der Waals surface area contributed by atoms with E-state index >= 15 is 0 Å². The first-order valence-corrected chi connectivity index (χ1v) is 12.2. The summed E-state index contributed by atoms with van der Waals surface area (Å²) in [5, 5.41) is 6.72. The molecule has 2 rings (SSSR count). The van der Waals surface area contributed by atoms with E-state index in [1.165, 1.54) is 17.7 Å². The van der Waals surface area contributed by atoms with Gasteiger partial charge in [0.25, 0.3) is 0 Å². The number of hydrogen-bond donors (Lipinski definition) is 3. The molecule has 2 aromatic rings. The minimum absolute atomic E-state index is 0.101. The van der Waals surface area contributed by atoms with Gasteiger partial charge in [0.1, 0.15) is 5.82 Å². The van der Waals surface area contributed by atoms with E-state index in [9.17, 15) is 12.8 Å². The van der Waals surface area contributed by atoms with Gasteiger partial charge >= 0.3 is 0 Å². The van der Waals surface area contributed by atoms with Gasteiger partial charge in [-0.15, -0.1) is 0 Å². The number of halogens is 1. The maximum atomic E-state index is 14.6. The van der Waals surface area contributed by atoms with E-state index in [4.69, 9.17) is 12.2 Å². The molecular formula is C23H30FN3O2S2. The number of hydrogen-bond acceptors (Lipinski definition) is 3. The third-order valence-electron chi connectivity index (χ3n) is 4.77. The van der Waals surface area contributed by atoms with Gasteiger partial charge in [-0.05, 0) is 53.4 Å². The predicted octanol–water partition coefficient (Wildman–Crippen LogP) is 4.86. The Hall–Kier alpha value is -2.45. The van der Waals surface area contributed by atoms with Crippen molar-refractivity contribution in [2.45, 2.75) is 45.7 Å². The molecule has 0 radical (unpaired) electrons. The van der Waals surface area contributed by atoms with Crippen molar-refractivity contribution in [3.63, 3.8) is 0 Å². The van der Waals surface area contributed by atoms with Gasteiger partial charge in [-0.25, -0.2) is 12.8 Å². The van der Waals surface area contributed by atoms with Crippen LogP contribution in [0.4, 0.5) is 10.1 Å². The minimum Gasteiger partial charge on any atom is -0.359 e.